The molecule has 0 saturated heterocycles. The van der Waals surface area contributed by atoms with Crippen molar-refractivity contribution in [3.63, 3.8) is 0 Å². The largest absolute Gasteiger partial charge is 0.463 e. The number of aromatic nitrogens is 2. The summed E-state index contributed by atoms with van der Waals surface area (Å²) in [6, 6.07) is 0.772. The number of alkyl halides is 3. The van der Waals surface area contributed by atoms with Gasteiger partial charge in [0.2, 0.25) is 5.91 Å². The van der Waals surface area contributed by atoms with Crippen LogP contribution in [0.1, 0.15) is 19.5 Å². The van der Waals surface area contributed by atoms with E-state index in [1.54, 1.807) is 6.92 Å². The molecule has 0 aromatic carbocycles. The topological polar surface area (TPSA) is 73.2 Å². The van der Waals surface area contributed by atoms with Crippen molar-refractivity contribution in [3.8, 4) is 0 Å². The van der Waals surface area contributed by atoms with Crippen molar-refractivity contribution in [3.05, 3.63) is 29.7 Å². The Labute approximate surface area is 118 Å². The summed E-state index contributed by atoms with van der Waals surface area (Å²) in [5, 5.41) is 5.58. The monoisotopic (exact) mass is 305 g/mol. The highest BCUT2D eigenvalue weighted by atomic mass is 19.4. The fourth-order valence-corrected chi connectivity index (χ4v) is 1.40. The molecular formula is C12H14F3N3O3. The van der Waals surface area contributed by atoms with E-state index < -0.39 is 30.3 Å². The number of rotatable bonds is 5. The number of halogens is 3. The Morgan fingerprint density at radius 2 is 2.14 bits per heavy atom. The Balaban J connectivity index is 2.58. The minimum Gasteiger partial charge on any atom is -0.463 e. The van der Waals surface area contributed by atoms with Crippen LogP contribution >= 0.6 is 0 Å². The Hall–Kier alpha value is -2.32. The predicted octanol–water partition coefficient (Wildman–Crippen LogP) is 1.48. The van der Waals surface area contributed by atoms with E-state index in [0.29, 0.717) is 0 Å². The van der Waals surface area contributed by atoms with Crippen molar-refractivity contribution < 1.29 is 27.5 Å². The van der Waals surface area contributed by atoms with Crippen LogP contribution in [0.15, 0.2) is 24.0 Å². The van der Waals surface area contributed by atoms with Crippen molar-refractivity contribution in [2.75, 3.05) is 6.61 Å². The first-order valence-electron chi connectivity index (χ1n) is 5.98. The van der Waals surface area contributed by atoms with Crippen LogP contribution in [0.5, 0.6) is 0 Å². The van der Waals surface area contributed by atoms with E-state index in [1.807, 2.05) is 0 Å². The van der Waals surface area contributed by atoms with Crippen LogP contribution in [0.3, 0.4) is 0 Å². The highest BCUT2D eigenvalue weighted by molar-refractivity contribution is 5.84. The van der Waals surface area contributed by atoms with E-state index in [1.165, 1.54) is 6.92 Å². The normalized spacial score (nSPS) is 12.1. The van der Waals surface area contributed by atoms with E-state index in [2.05, 4.69) is 15.2 Å². The molecule has 0 bridgehead atoms. The minimum atomic E-state index is -4.55. The smallest absolute Gasteiger partial charge is 0.435 e. The third-order valence-electron chi connectivity index (χ3n) is 2.19. The predicted molar refractivity (Wildman–Crippen MR) is 65.8 cm³/mol. The lowest BCUT2D eigenvalue weighted by molar-refractivity contribution is -0.142. The standard InChI is InChI=1S/C12H14F3N3O3/c1-3-21-11(20)6-8(2)16-10(19)7-18-5-4-9(17-18)12(13,14)15/h4-6H,3,7H2,1-2H3,(H,16,19)/b8-6+. The third-order valence-corrected chi connectivity index (χ3v) is 2.19. The second-order valence-corrected chi connectivity index (χ2v) is 4.02. The van der Waals surface area contributed by atoms with Crippen molar-refractivity contribution in [2.45, 2.75) is 26.6 Å². The minimum absolute atomic E-state index is 0.198. The van der Waals surface area contributed by atoms with Gasteiger partial charge in [0.1, 0.15) is 6.54 Å². The average molecular weight is 305 g/mol. The van der Waals surface area contributed by atoms with Crippen LogP contribution in [0.2, 0.25) is 0 Å². The number of nitrogens with one attached hydrogen (secondary N) is 1. The van der Waals surface area contributed by atoms with Gasteiger partial charge in [0.15, 0.2) is 5.69 Å². The maximum Gasteiger partial charge on any atom is 0.435 e. The van der Waals surface area contributed by atoms with E-state index in [9.17, 15) is 22.8 Å². The van der Waals surface area contributed by atoms with E-state index >= 15 is 0 Å². The molecule has 1 amide bonds. The third kappa shape index (κ3) is 5.67. The molecule has 0 atom stereocenters. The molecule has 6 nitrogen and oxygen atoms in total. The lowest BCUT2D eigenvalue weighted by Gasteiger charge is -2.06. The van der Waals surface area contributed by atoms with Gasteiger partial charge in [-0.2, -0.15) is 18.3 Å². The lowest BCUT2D eigenvalue weighted by Crippen LogP contribution is -2.27. The van der Waals surface area contributed by atoms with Gasteiger partial charge in [0.05, 0.1) is 6.61 Å². The summed E-state index contributed by atoms with van der Waals surface area (Å²) in [7, 11) is 0. The van der Waals surface area contributed by atoms with Crippen LogP contribution in [0.25, 0.3) is 0 Å². The Morgan fingerprint density at radius 3 is 2.67 bits per heavy atom. The van der Waals surface area contributed by atoms with Crippen LogP contribution in [-0.4, -0.2) is 28.3 Å². The van der Waals surface area contributed by atoms with Crippen LogP contribution < -0.4 is 5.32 Å². The first-order chi connectivity index (χ1) is 9.72. The van der Waals surface area contributed by atoms with Crippen molar-refractivity contribution in [1.82, 2.24) is 15.1 Å². The number of carbonyl (C=O) groups excluding carboxylic acids is 2. The SMILES string of the molecule is CCOC(=O)/C=C(\C)NC(=O)Cn1ccc(C(F)(F)F)n1. The van der Waals surface area contributed by atoms with Crippen LogP contribution in [-0.2, 0) is 27.0 Å². The Bertz CT molecular complexity index is 549. The maximum absolute atomic E-state index is 12.3. The van der Waals surface area contributed by atoms with Crippen molar-refractivity contribution in [2.24, 2.45) is 0 Å². The first-order valence-corrected chi connectivity index (χ1v) is 5.98. The Kier molecular flexibility index (Phi) is 5.51. The average Bonchev–Trinajstić information content (AvgIpc) is 2.76. The van der Waals surface area contributed by atoms with E-state index in [4.69, 9.17) is 0 Å². The molecule has 1 aromatic heterocycles. The van der Waals surface area contributed by atoms with Gasteiger partial charge in [0, 0.05) is 18.0 Å². The van der Waals surface area contributed by atoms with Gasteiger partial charge in [-0.1, -0.05) is 0 Å². The van der Waals surface area contributed by atoms with E-state index in [-0.39, 0.29) is 12.3 Å². The maximum atomic E-state index is 12.3. The molecule has 116 valence electrons. The van der Waals surface area contributed by atoms with Crippen LogP contribution in [0, 0.1) is 0 Å². The highest BCUT2D eigenvalue weighted by Crippen LogP contribution is 2.27. The molecule has 1 heterocycles. The summed E-state index contributed by atoms with van der Waals surface area (Å²) >= 11 is 0. The molecular weight excluding hydrogens is 291 g/mol. The summed E-state index contributed by atoms with van der Waals surface area (Å²) in [6.45, 7) is 2.89. The van der Waals surface area contributed by atoms with Gasteiger partial charge >= 0.3 is 12.1 Å². The fraction of sp³-hybridized carbons (Fsp3) is 0.417. The zero-order valence-electron chi connectivity index (χ0n) is 11.4. The lowest BCUT2D eigenvalue weighted by atomic mass is 10.4. The second-order valence-electron chi connectivity index (χ2n) is 4.02. The molecule has 0 aliphatic rings. The fourth-order valence-electron chi connectivity index (χ4n) is 1.40. The number of nitrogens with zero attached hydrogens (tertiary/aromatic N) is 2. The van der Waals surface area contributed by atoms with Gasteiger partial charge in [0.25, 0.3) is 0 Å². The first kappa shape index (κ1) is 16.7. The highest BCUT2D eigenvalue weighted by Gasteiger charge is 2.33. The van der Waals surface area contributed by atoms with Gasteiger partial charge in [-0.15, -0.1) is 0 Å². The molecule has 1 N–H and O–H groups in total. The quantitative estimate of drug-likeness (QED) is 0.660. The number of hydrogen-bond acceptors (Lipinski definition) is 4. The summed E-state index contributed by atoms with van der Waals surface area (Å²) in [6.07, 6.45) is -2.43. The molecule has 1 aromatic rings. The molecule has 1 rings (SSSR count). The number of ether oxygens (including phenoxy) is 1. The molecule has 0 unspecified atom stereocenters. The molecule has 0 radical (unpaired) electrons. The molecule has 0 aliphatic heterocycles. The number of allylic oxidation sites excluding steroid dienone is 1. The Morgan fingerprint density at radius 1 is 1.48 bits per heavy atom. The second kappa shape index (κ2) is 6.91. The van der Waals surface area contributed by atoms with Gasteiger partial charge < -0.3 is 10.1 Å². The number of hydrogen-bond donors (Lipinski definition) is 1. The number of esters is 1. The molecule has 0 saturated carbocycles. The summed E-state index contributed by atoms with van der Waals surface area (Å²) in [5.41, 5.74) is -0.851. The molecule has 0 spiro atoms. The molecule has 9 heteroatoms. The summed E-state index contributed by atoms with van der Waals surface area (Å²) in [5.74, 6) is -1.22. The van der Waals surface area contributed by atoms with Gasteiger partial charge in [-0.25, -0.2) is 4.79 Å². The van der Waals surface area contributed by atoms with E-state index in [0.717, 1.165) is 23.0 Å². The zero-order valence-corrected chi connectivity index (χ0v) is 11.4. The van der Waals surface area contributed by atoms with Gasteiger partial charge in [-0.3, -0.25) is 9.48 Å². The zero-order chi connectivity index (χ0) is 16.0. The van der Waals surface area contributed by atoms with Gasteiger partial charge in [-0.05, 0) is 19.9 Å². The van der Waals surface area contributed by atoms with Crippen molar-refractivity contribution >= 4 is 11.9 Å². The number of carbonyl (C=O) groups is 2. The number of amides is 1. The summed E-state index contributed by atoms with van der Waals surface area (Å²) < 4.78 is 42.5. The van der Waals surface area contributed by atoms with Crippen LogP contribution in [0.4, 0.5) is 13.2 Å². The molecule has 21 heavy (non-hydrogen) atoms. The molecule has 0 aliphatic carbocycles. The molecule has 0 fully saturated rings. The van der Waals surface area contributed by atoms with Crippen molar-refractivity contribution in [1.29, 1.82) is 0 Å². The summed E-state index contributed by atoms with van der Waals surface area (Å²) in [4.78, 5) is 22.7.